The van der Waals surface area contributed by atoms with E-state index in [4.69, 9.17) is 4.74 Å². The molecule has 1 aliphatic rings. The van der Waals surface area contributed by atoms with Crippen molar-refractivity contribution in [2.45, 2.75) is 64.9 Å². The van der Waals surface area contributed by atoms with E-state index in [0.29, 0.717) is 38.2 Å². The van der Waals surface area contributed by atoms with Crippen molar-refractivity contribution >= 4 is 11.8 Å². The molecule has 2 atom stereocenters. The van der Waals surface area contributed by atoms with Crippen LogP contribution in [0.5, 0.6) is 5.75 Å². The average Bonchev–Trinajstić information content (AvgIpc) is 2.98. The van der Waals surface area contributed by atoms with Crippen LogP contribution in [-0.2, 0) is 22.6 Å². The van der Waals surface area contributed by atoms with E-state index in [0.717, 1.165) is 34.5 Å². The molecule has 0 saturated carbocycles. The first kappa shape index (κ1) is 30.3. The zero-order valence-electron chi connectivity index (χ0n) is 25.0. The molecule has 0 radical (unpaired) electrons. The second kappa shape index (κ2) is 14.3. The van der Waals surface area contributed by atoms with Gasteiger partial charge in [0.15, 0.2) is 0 Å². The number of nitrogens with zero attached hydrogens (tertiary/aromatic N) is 2. The predicted molar refractivity (Wildman–Crippen MR) is 164 cm³/mol. The van der Waals surface area contributed by atoms with Crippen LogP contribution in [0.3, 0.4) is 0 Å². The molecule has 7 heteroatoms. The summed E-state index contributed by atoms with van der Waals surface area (Å²) in [5.41, 5.74) is 3.85. The van der Waals surface area contributed by atoms with Gasteiger partial charge in [-0.2, -0.15) is 0 Å². The number of likely N-dealkylation sites (N-methyl/N-ethyl adjacent to an activating group) is 1. The molecule has 0 unspecified atom stereocenters. The van der Waals surface area contributed by atoms with Gasteiger partial charge in [-0.15, -0.1) is 0 Å². The zero-order chi connectivity index (χ0) is 29.4. The summed E-state index contributed by atoms with van der Waals surface area (Å²) in [5.74, 6) is 0.487. The lowest BCUT2D eigenvalue weighted by Gasteiger charge is -2.38. The highest BCUT2D eigenvalue weighted by Gasteiger charge is 2.38. The minimum atomic E-state index is -0.722. The summed E-state index contributed by atoms with van der Waals surface area (Å²) < 4.78 is 6.08. The van der Waals surface area contributed by atoms with Crippen molar-refractivity contribution in [3.05, 3.63) is 101 Å². The number of benzene rings is 3. The SMILES string of the molecule is CN[C@H](C(=O)N1CCc2cc(OCc3ccccc3)ccc2[C@@H]1C(=O)NCCN(C(C)C)C(C)C)c1ccccc1. The Morgan fingerprint density at radius 1 is 0.951 bits per heavy atom. The van der Waals surface area contributed by atoms with E-state index in [1.54, 1.807) is 11.9 Å². The van der Waals surface area contributed by atoms with Crippen molar-refractivity contribution in [3.8, 4) is 5.75 Å². The summed E-state index contributed by atoms with van der Waals surface area (Å²) >= 11 is 0. The van der Waals surface area contributed by atoms with Crippen molar-refractivity contribution in [1.82, 2.24) is 20.4 Å². The molecule has 0 bridgehead atoms. The van der Waals surface area contributed by atoms with Gasteiger partial charge in [0, 0.05) is 31.7 Å². The molecule has 7 nitrogen and oxygen atoms in total. The van der Waals surface area contributed by atoms with E-state index < -0.39 is 12.1 Å². The molecule has 1 aliphatic heterocycles. The van der Waals surface area contributed by atoms with Gasteiger partial charge in [-0.25, -0.2) is 0 Å². The van der Waals surface area contributed by atoms with Crippen molar-refractivity contribution < 1.29 is 14.3 Å². The smallest absolute Gasteiger partial charge is 0.247 e. The highest BCUT2D eigenvalue weighted by Crippen LogP contribution is 2.34. The Kier molecular flexibility index (Phi) is 10.6. The van der Waals surface area contributed by atoms with Crippen LogP contribution in [0.1, 0.15) is 62.0 Å². The topological polar surface area (TPSA) is 73.9 Å². The summed E-state index contributed by atoms with van der Waals surface area (Å²) in [6.07, 6.45) is 0.646. The summed E-state index contributed by atoms with van der Waals surface area (Å²) in [4.78, 5) is 31.9. The van der Waals surface area contributed by atoms with Gasteiger partial charge < -0.3 is 20.3 Å². The lowest BCUT2D eigenvalue weighted by molar-refractivity contribution is -0.143. The first-order chi connectivity index (χ1) is 19.8. The van der Waals surface area contributed by atoms with Crippen LogP contribution in [0, 0.1) is 0 Å². The number of hydrogen-bond acceptors (Lipinski definition) is 5. The molecule has 0 spiro atoms. The van der Waals surface area contributed by atoms with Gasteiger partial charge in [-0.05, 0) is 75.5 Å². The average molecular weight is 557 g/mol. The molecule has 0 aliphatic carbocycles. The minimum absolute atomic E-state index is 0.111. The third-order valence-electron chi connectivity index (χ3n) is 7.79. The van der Waals surface area contributed by atoms with Crippen molar-refractivity contribution in [2.75, 3.05) is 26.7 Å². The van der Waals surface area contributed by atoms with E-state index in [1.165, 1.54) is 0 Å². The Morgan fingerprint density at radius 2 is 1.61 bits per heavy atom. The first-order valence-corrected chi connectivity index (χ1v) is 14.7. The molecule has 1 heterocycles. The number of rotatable bonds is 12. The Labute approximate surface area is 244 Å². The lowest BCUT2D eigenvalue weighted by atomic mass is 9.90. The highest BCUT2D eigenvalue weighted by molar-refractivity contribution is 5.92. The lowest BCUT2D eigenvalue weighted by Crippen LogP contribution is -2.51. The molecule has 0 aromatic heterocycles. The maximum absolute atomic E-state index is 14.0. The Hall–Kier alpha value is -3.68. The highest BCUT2D eigenvalue weighted by atomic mass is 16.5. The third-order valence-corrected chi connectivity index (χ3v) is 7.79. The van der Waals surface area contributed by atoms with Gasteiger partial charge >= 0.3 is 0 Å². The third kappa shape index (κ3) is 7.54. The normalized spacial score (nSPS) is 15.6. The largest absolute Gasteiger partial charge is 0.489 e. The molecule has 0 fully saturated rings. The molecular formula is C34H44N4O3. The number of hydrogen-bond donors (Lipinski definition) is 2. The van der Waals surface area contributed by atoms with Crippen LogP contribution in [-0.4, -0.2) is 60.4 Å². The summed E-state index contributed by atoms with van der Waals surface area (Å²) in [5, 5.41) is 6.32. The van der Waals surface area contributed by atoms with E-state index in [1.807, 2.05) is 78.9 Å². The van der Waals surface area contributed by atoms with Gasteiger partial charge in [0.1, 0.15) is 24.4 Å². The first-order valence-electron chi connectivity index (χ1n) is 14.7. The molecule has 218 valence electrons. The maximum atomic E-state index is 14.0. The molecule has 41 heavy (non-hydrogen) atoms. The monoisotopic (exact) mass is 556 g/mol. The van der Waals surface area contributed by atoms with Gasteiger partial charge in [-0.3, -0.25) is 14.5 Å². The summed E-state index contributed by atoms with van der Waals surface area (Å²) in [6, 6.07) is 25.1. The van der Waals surface area contributed by atoms with Gasteiger partial charge in [-0.1, -0.05) is 66.7 Å². The predicted octanol–water partition coefficient (Wildman–Crippen LogP) is 4.89. The Bertz CT molecular complexity index is 1270. The number of carbonyl (C=O) groups excluding carboxylic acids is 2. The molecule has 2 N–H and O–H groups in total. The number of ether oxygens (including phenoxy) is 1. The molecular weight excluding hydrogens is 512 g/mol. The van der Waals surface area contributed by atoms with Crippen LogP contribution in [0.25, 0.3) is 0 Å². The summed E-state index contributed by atoms with van der Waals surface area (Å²) in [6.45, 7) is 10.8. The van der Waals surface area contributed by atoms with Crippen LogP contribution in [0.2, 0.25) is 0 Å². The second-order valence-corrected chi connectivity index (χ2v) is 11.2. The number of carbonyl (C=O) groups is 2. The second-order valence-electron chi connectivity index (χ2n) is 11.2. The molecule has 3 aromatic carbocycles. The molecule has 0 saturated heterocycles. The van der Waals surface area contributed by atoms with E-state index >= 15 is 0 Å². The van der Waals surface area contributed by atoms with Gasteiger partial charge in [0.05, 0.1) is 0 Å². The van der Waals surface area contributed by atoms with Crippen LogP contribution in [0.4, 0.5) is 0 Å². The molecule has 2 amide bonds. The zero-order valence-corrected chi connectivity index (χ0v) is 25.0. The fourth-order valence-corrected chi connectivity index (χ4v) is 5.72. The standard InChI is InChI=1S/C34H44N4O3/c1-24(2)37(25(3)4)21-19-36-33(39)32-30-17-16-29(41-23-26-12-8-6-9-13-26)22-28(30)18-20-38(32)34(40)31(35-5)27-14-10-7-11-15-27/h6-17,22,24-25,31-32,35H,18-21,23H2,1-5H3,(H,36,39)/t31-,32+/m0/s1. The molecule has 4 rings (SSSR count). The van der Waals surface area contributed by atoms with E-state index in [9.17, 15) is 9.59 Å². The van der Waals surface area contributed by atoms with Crippen LogP contribution in [0.15, 0.2) is 78.9 Å². The van der Waals surface area contributed by atoms with Gasteiger partial charge in [0.25, 0.3) is 0 Å². The number of nitrogens with one attached hydrogen (secondary N) is 2. The van der Waals surface area contributed by atoms with Gasteiger partial charge in [0.2, 0.25) is 11.8 Å². The van der Waals surface area contributed by atoms with Crippen molar-refractivity contribution in [2.24, 2.45) is 0 Å². The number of fused-ring (bicyclic) bond motifs is 1. The number of amides is 2. The van der Waals surface area contributed by atoms with Crippen molar-refractivity contribution in [1.29, 1.82) is 0 Å². The van der Waals surface area contributed by atoms with E-state index in [2.05, 4.69) is 43.2 Å². The summed E-state index contributed by atoms with van der Waals surface area (Å²) in [7, 11) is 1.78. The molecule has 3 aromatic rings. The van der Waals surface area contributed by atoms with E-state index in [-0.39, 0.29) is 11.8 Å². The maximum Gasteiger partial charge on any atom is 0.247 e. The minimum Gasteiger partial charge on any atom is -0.489 e. The fraction of sp³-hybridized carbons (Fsp3) is 0.412. The quantitative estimate of drug-likeness (QED) is 0.333. The fourth-order valence-electron chi connectivity index (χ4n) is 5.72. The van der Waals surface area contributed by atoms with Crippen molar-refractivity contribution in [3.63, 3.8) is 0 Å². The van der Waals surface area contributed by atoms with Crippen LogP contribution >= 0.6 is 0 Å². The Balaban J connectivity index is 1.58. The Morgan fingerprint density at radius 3 is 2.24 bits per heavy atom. The van der Waals surface area contributed by atoms with Crippen LogP contribution < -0.4 is 15.4 Å².